The molecule has 6 rings (SSSR count). The smallest absolute Gasteiger partial charge is 0.245 e. The first-order chi connectivity index (χ1) is 19.4. The second kappa shape index (κ2) is 11.3. The van der Waals surface area contributed by atoms with Crippen LogP contribution in [0.25, 0.3) is 10.8 Å². The predicted octanol–water partition coefficient (Wildman–Crippen LogP) is 6.41. The van der Waals surface area contributed by atoms with Gasteiger partial charge in [-0.3, -0.25) is 0 Å². The summed E-state index contributed by atoms with van der Waals surface area (Å²) in [7, 11) is 0.134. The molecule has 7 nitrogen and oxygen atoms in total. The van der Waals surface area contributed by atoms with Crippen molar-refractivity contribution < 1.29 is 12.9 Å². The summed E-state index contributed by atoms with van der Waals surface area (Å²) < 4.78 is 36.2. The highest BCUT2D eigenvalue weighted by atomic mass is 32.2. The van der Waals surface area contributed by atoms with Gasteiger partial charge in [0.25, 0.3) is 0 Å². The van der Waals surface area contributed by atoms with Crippen molar-refractivity contribution in [2.75, 3.05) is 25.5 Å². The fourth-order valence-electron chi connectivity index (χ4n) is 6.36. The molecule has 2 unspecified atom stereocenters. The standard InChI is InChI=1S/C32H38N4O3S/c1-35(2)28-17-8-16-27-26(28)15-9-18-30(27)40(37,38)36-22-25(20-24-13-6-14-24)21-29(36)32-33-31(34-39-32)19-7-12-23-10-4-3-5-11-23/h3-5,8-11,15-18,24-25,29H,6-7,12-14,19-22H2,1-2H3. The third kappa shape index (κ3) is 5.39. The summed E-state index contributed by atoms with van der Waals surface area (Å²) in [5.74, 6) is 2.05. The van der Waals surface area contributed by atoms with Crippen LogP contribution in [0.1, 0.15) is 61.8 Å². The van der Waals surface area contributed by atoms with Crippen molar-refractivity contribution in [1.82, 2.24) is 14.4 Å². The summed E-state index contributed by atoms with van der Waals surface area (Å²) in [6.07, 6.45) is 8.09. The Balaban J connectivity index is 1.28. The van der Waals surface area contributed by atoms with E-state index >= 15 is 0 Å². The van der Waals surface area contributed by atoms with Crippen LogP contribution >= 0.6 is 0 Å². The third-order valence-electron chi connectivity index (χ3n) is 8.64. The van der Waals surface area contributed by atoms with Crippen molar-refractivity contribution in [3.63, 3.8) is 0 Å². The minimum Gasteiger partial charge on any atom is -0.377 e. The van der Waals surface area contributed by atoms with Gasteiger partial charge in [-0.25, -0.2) is 8.42 Å². The van der Waals surface area contributed by atoms with Gasteiger partial charge in [0.1, 0.15) is 6.04 Å². The van der Waals surface area contributed by atoms with E-state index < -0.39 is 16.1 Å². The van der Waals surface area contributed by atoms with Gasteiger partial charge < -0.3 is 9.42 Å². The SMILES string of the molecule is CN(C)c1cccc2c(S(=O)(=O)N3CC(CC4CCC4)CC3c3nc(CCCc4ccccc4)no3)cccc12. The van der Waals surface area contributed by atoms with Gasteiger partial charge in [-0.15, -0.1) is 0 Å². The molecule has 1 saturated carbocycles. The van der Waals surface area contributed by atoms with E-state index in [4.69, 9.17) is 9.51 Å². The van der Waals surface area contributed by atoms with Gasteiger partial charge in [-0.1, -0.05) is 79.0 Å². The molecular weight excluding hydrogens is 520 g/mol. The highest BCUT2D eigenvalue weighted by Crippen LogP contribution is 2.44. The van der Waals surface area contributed by atoms with E-state index in [1.54, 1.807) is 10.4 Å². The summed E-state index contributed by atoms with van der Waals surface area (Å²) in [5, 5.41) is 5.93. The lowest BCUT2D eigenvalue weighted by atomic mass is 9.78. The fraction of sp³-hybridized carbons (Fsp3) is 0.438. The summed E-state index contributed by atoms with van der Waals surface area (Å²) in [6, 6.07) is 21.3. The van der Waals surface area contributed by atoms with Gasteiger partial charge in [0.2, 0.25) is 15.9 Å². The third-order valence-corrected chi connectivity index (χ3v) is 10.6. The minimum atomic E-state index is -3.82. The van der Waals surface area contributed by atoms with Gasteiger partial charge in [0.15, 0.2) is 5.82 Å². The van der Waals surface area contributed by atoms with E-state index in [1.807, 2.05) is 67.5 Å². The van der Waals surface area contributed by atoms with Crippen LogP contribution in [0, 0.1) is 11.8 Å². The van der Waals surface area contributed by atoms with E-state index in [9.17, 15) is 8.42 Å². The predicted molar refractivity (Wildman–Crippen MR) is 158 cm³/mol. The number of nitrogens with zero attached hydrogens (tertiary/aromatic N) is 4. The van der Waals surface area contributed by atoms with Crippen LogP contribution in [0.2, 0.25) is 0 Å². The molecule has 2 atom stereocenters. The number of fused-ring (bicyclic) bond motifs is 1. The molecule has 0 spiro atoms. The summed E-state index contributed by atoms with van der Waals surface area (Å²) in [4.78, 5) is 7.09. The molecule has 0 bridgehead atoms. The number of hydrogen-bond acceptors (Lipinski definition) is 6. The molecular formula is C32H38N4O3S. The highest BCUT2D eigenvalue weighted by molar-refractivity contribution is 7.89. The molecule has 0 radical (unpaired) electrons. The van der Waals surface area contributed by atoms with Gasteiger partial charge >= 0.3 is 0 Å². The van der Waals surface area contributed by atoms with Crippen molar-refractivity contribution in [3.05, 3.63) is 84.0 Å². The van der Waals surface area contributed by atoms with Crippen molar-refractivity contribution in [3.8, 4) is 0 Å². The number of benzene rings is 3. The number of anilines is 1. The maximum absolute atomic E-state index is 14.4. The van der Waals surface area contributed by atoms with Crippen molar-refractivity contribution in [2.45, 2.75) is 62.3 Å². The average Bonchev–Trinajstić information content (AvgIpc) is 3.58. The van der Waals surface area contributed by atoms with E-state index in [0.29, 0.717) is 35.5 Å². The van der Waals surface area contributed by atoms with E-state index in [1.165, 1.54) is 24.8 Å². The molecule has 4 aromatic rings. The number of sulfonamides is 1. The first-order valence-electron chi connectivity index (χ1n) is 14.5. The fourth-order valence-corrected chi connectivity index (χ4v) is 8.23. The first kappa shape index (κ1) is 27.0. The summed E-state index contributed by atoms with van der Waals surface area (Å²) in [5.41, 5.74) is 2.28. The van der Waals surface area contributed by atoms with Crippen molar-refractivity contribution in [1.29, 1.82) is 0 Å². The maximum atomic E-state index is 14.4. The first-order valence-corrected chi connectivity index (χ1v) is 15.9. The number of aromatic nitrogens is 2. The zero-order valence-electron chi connectivity index (χ0n) is 23.4. The second-order valence-electron chi connectivity index (χ2n) is 11.6. The molecule has 1 saturated heterocycles. The molecule has 8 heteroatoms. The van der Waals surface area contributed by atoms with Gasteiger partial charge in [0.05, 0.1) is 4.90 Å². The largest absolute Gasteiger partial charge is 0.377 e. The second-order valence-corrected chi connectivity index (χ2v) is 13.5. The lowest BCUT2D eigenvalue weighted by Crippen LogP contribution is -2.32. The van der Waals surface area contributed by atoms with E-state index in [-0.39, 0.29) is 5.92 Å². The molecule has 1 aromatic heterocycles. The molecule has 1 aliphatic heterocycles. The summed E-state index contributed by atoms with van der Waals surface area (Å²) in [6.45, 7) is 0.485. The summed E-state index contributed by atoms with van der Waals surface area (Å²) >= 11 is 0. The molecule has 210 valence electrons. The van der Waals surface area contributed by atoms with Crippen LogP contribution in [0.5, 0.6) is 0 Å². The van der Waals surface area contributed by atoms with Crippen LogP contribution in [0.3, 0.4) is 0 Å². The number of aryl methyl sites for hydroxylation is 2. The zero-order chi connectivity index (χ0) is 27.7. The van der Waals surface area contributed by atoms with Crippen molar-refractivity contribution >= 4 is 26.5 Å². The maximum Gasteiger partial charge on any atom is 0.245 e. The lowest BCUT2D eigenvalue weighted by Gasteiger charge is -2.28. The molecule has 0 amide bonds. The number of hydrogen-bond donors (Lipinski definition) is 0. The van der Waals surface area contributed by atoms with Crippen LogP contribution in [0.4, 0.5) is 5.69 Å². The molecule has 3 aromatic carbocycles. The molecule has 2 heterocycles. The zero-order valence-corrected chi connectivity index (χ0v) is 24.2. The topological polar surface area (TPSA) is 79.5 Å². The van der Waals surface area contributed by atoms with E-state index in [0.717, 1.165) is 42.1 Å². The Morgan fingerprint density at radius 3 is 2.45 bits per heavy atom. The average molecular weight is 559 g/mol. The van der Waals surface area contributed by atoms with Gasteiger partial charge in [0, 0.05) is 43.5 Å². The quantitative estimate of drug-likeness (QED) is 0.224. The molecule has 40 heavy (non-hydrogen) atoms. The Labute approximate surface area is 237 Å². The minimum absolute atomic E-state index is 0.283. The van der Waals surface area contributed by atoms with Crippen LogP contribution in [0.15, 0.2) is 76.1 Å². The monoisotopic (exact) mass is 558 g/mol. The van der Waals surface area contributed by atoms with Crippen LogP contribution in [-0.4, -0.2) is 43.5 Å². The Morgan fingerprint density at radius 1 is 0.925 bits per heavy atom. The van der Waals surface area contributed by atoms with Gasteiger partial charge in [-0.05, 0) is 55.2 Å². The van der Waals surface area contributed by atoms with Crippen LogP contribution < -0.4 is 4.90 Å². The highest BCUT2D eigenvalue weighted by Gasteiger charge is 2.45. The Kier molecular flexibility index (Phi) is 7.64. The molecule has 1 aliphatic carbocycles. The molecule has 2 fully saturated rings. The Bertz CT molecular complexity index is 1560. The van der Waals surface area contributed by atoms with Crippen molar-refractivity contribution in [2.24, 2.45) is 11.8 Å². The van der Waals surface area contributed by atoms with Gasteiger partial charge in [-0.2, -0.15) is 9.29 Å². The number of rotatable bonds is 10. The Morgan fingerprint density at radius 2 is 1.70 bits per heavy atom. The lowest BCUT2D eigenvalue weighted by molar-refractivity contribution is 0.252. The molecule has 0 N–H and O–H groups in total. The Hall–Kier alpha value is -3.23. The van der Waals surface area contributed by atoms with Crippen LogP contribution in [-0.2, 0) is 22.9 Å². The van der Waals surface area contributed by atoms with E-state index in [2.05, 4.69) is 17.3 Å². The normalized spacial score (nSPS) is 20.1. The molecule has 2 aliphatic rings.